The van der Waals surface area contributed by atoms with Crippen LogP contribution in [0.4, 0.5) is 0 Å². The molecule has 0 heterocycles. The van der Waals surface area contributed by atoms with Crippen LogP contribution in [0.3, 0.4) is 0 Å². The molecule has 0 unspecified atom stereocenters. The smallest absolute Gasteiger partial charge is 0.340 e. The second-order valence-electron chi connectivity index (χ2n) is 1.44. The molecule has 4 heteroatoms. The zero-order valence-corrected chi connectivity index (χ0v) is 4.92. The molecule has 4 nitrogen and oxygen atoms in total. The molecule has 0 aromatic rings. The number of nitrogens with two attached hydrogens (primary N) is 1. The third kappa shape index (κ3) is 1.94. The molecule has 0 fully saturated rings. The number of Topliss-reactive ketones (excluding diaryl/α,β-unsaturated/α-hetero) is 1. The van der Waals surface area contributed by atoms with Gasteiger partial charge in [-0.2, -0.15) is 0 Å². The summed E-state index contributed by atoms with van der Waals surface area (Å²) in [6.07, 6.45) is 0.782. The van der Waals surface area contributed by atoms with E-state index in [4.69, 9.17) is 10.8 Å². The number of rotatable bonds is 2. The molecule has 0 aliphatic rings. The van der Waals surface area contributed by atoms with Gasteiger partial charge >= 0.3 is 5.97 Å². The van der Waals surface area contributed by atoms with Gasteiger partial charge in [0.2, 0.25) is 0 Å². The van der Waals surface area contributed by atoms with Crippen molar-refractivity contribution in [2.45, 2.75) is 6.92 Å². The summed E-state index contributed by atoms with van der Waals surface area (Å²) in [6.45, 7) is 1.15. The highest BCUT2D eigenvalue weighted by Gasteiger charge is 2.10. The molecule has 0 bridgehead atoms. The van der Waals surface area contributed by atoms with Crippen LogP contribution in [0.1, 0.15) is 6.92 Å². The van der Waals surface area contributed by atoms with Gasteiger partial charge in [-0.3, -0.25) is 4.79 Å². The minimum atomic E-state index is -1.29. The largest absolute Gasteiger partial charge is 0.478 e. The first-order valence-corrected chi connectivity index (χ1v) is 2.25. The number of hydrogen-bond donors (Lipinski definition) is 2. The Morgan fingerprint density at radius 3 is 2.00 bits per heavy atom. The average molecular weight is 129 g/mol. The molecular weight excluding hydrogens is 122 g/mol. The first kappa shape index (κ1) is 7.68. The first-order chi connectivity index (χ1) is 4.09. The van der Waals surface area contributed by atoms with Crippen molar-refractivity contribution >= 4 is 11.8 Å². The van der Waals surface area contributed by atoms with Crippen LogP contribution in [0.2, 0.25) is 0 Å². The summed E-state index contributed by atoms with van der Waals surface area (Å²) in [4.78, 5) is 20.3. The molecule has 0 aromatic carbocycles. The van der Waals surface area contributed by atoms with Crippen LogP contribution in [0.15, 0.2) is 11.8 Å². The summed E-state index contributed by atoms with van der Waals surface area (Å²) < 4.78 is 0. The van der Waals surface area contributed by atoms with Crippen LogP contribution in [0, 0.1) is 0 Å². The van der Waals surface area contributed by atoms with Crippen molar-refractivity contribution in [3.63, 3.8) is 0 Å². The van der Waals surface area contributed by atoms with Crippen molar-refractivity contribution in [3.8, 4) is 0 Å². The molecule has 0 aromatic heterocycles. The lowest BCUT2D eigenvalue weighted by atomic mass is 10.2. The maximum absolute atomic E-state index is 10.3. The Morgan fingerprint density at radius 1 is 1.56 bits per heavy atom. The lowest BCUT2D eigenvalue weighted by Crippen LogP contribution is -2.10. The van der Waals surface area contributed by atoms with E-state index in [1.807, 2.05) is 0 Å². The van der Waals surface area contributed by atoms with Crippen LogP contribution < -0.4 is 5.73 Å². The molecule has 0 radical (unpaired) electrons. The van der Waals surface area contributed by atoms with E-state index in [-0.39, 0.29) is 5.57 Å². The number of carbonyl (C=O) groups is 2. The first-order valence-electron chi connectivity index (χ1n) is 2.25. The second-order valence-corrected chi connectivity index (χ2v) is 1.44. The van der Waals surface area contributed by atoms with E-state index in [1.54, 1.807) is 0 Å². The van der Waals surface area contributed by atoms with E-state index in [1.165, 1.54) is 0 Å². The van der Waals surface area contributed by atoms with Gasteiger partial charge in [-0.1, -0.05) is 0 Å². The summed E-state index contributed by atoms with van der Waals surface area (Å²) in [5.41, 5.74) is 4.43. The lowest BCUT2D eigenvalue weighted by Gasteiger charge is -1.90. The van der Waals surface area contributed by atoms with Gasteiger partial charge in [-0.15, -0.1) is 0 Å². The van der Waals surface area contributed by atoms with Crippen LogP contribution in [-0.4, -0.2) is 16.9 Å². The van der Waals surface area contributed by atoms with Gasteiger partial charge < -0.3 is 10.8 Å². The van der Waals surface area contributed by atoms with Gasteiger partial charge in [0.25, 0.3) is 0 Å². The highest BCUT2D eigenvalue weighted by Crippen LogP contribution is 1.91. The van der Waals surface area contributed by atoms with E-state index < -0.39 is 11.8 Å². The fourth-order valence-corrected chi connectivity index (χ4v) is 0.339. The number of carboxylic acids is 1. The van der Waals surface area contributed by atoms with Crippen molar-refractivity contribution in [1.82, 2.24) is 0 Å². The van der Waals surface area contributed by atoms with Gasteiger partial charge in [0.05, 0.1) is 0 Å². The fourth-order valence-electron chi connectivity index (χ4n) is 0.339. The summed E-state index contributed by atoms with van der Waals surface area (Å²) in [6, 6.07) is 0. The van der Waals surface area contributed by atoms with E-state index >= 15 is 0 Å². The minimum Gasteiger partial charge on any atom is -0.478 e. The van der Waals surface area contributed by atoms with E-state index in [0.29, 0.717) is 0 Å². The molecule has 0 spiro atoms. The van der Waals surface area contributed by atoms with Crippen molar-refractivity contribution in [3.05, 3.63) is 11.8 Å². The number of carboxylic acid groups (broad SMARTS) is 1. The Balaban J connectivity index is 4.38. The van der Waals surface area contributed by atoms with Gasteiger partial charge in [0.1, 0.15) is 5.57 Å². The van der Waals surface area contributed by atoms with Crippen molar-refractivity contribution in [1.29, 1.82) is 0 Å². The van der Waals surface area contributed by atoms with Crippen molar-refractivity contribution in [2.75, 3.05) is 0 Å². The summed E-state index contributed by atoms with van der Waals surface area (Å²) >= 11 is 0. The molecule has 0 saturated carbocycles. The van der Waals surface area contributed by atoms with Gasteiger partial charge in [-0.25, -0.2) is 4.79 Å². The predicted molar refractivity (Wildman–Crippen MR) is 30.6 cm³/mol. The number of ketones is 1. The molecule has 50 valence electrons. The Kier molecular flexibility index (Phi) is 2.44. The Morgan fingerprint density at radius 2 is 2.00 bits per heavy atom. The molecule has 0 aliphatic carbocycles. The third-order valence-corrected chi connectivity index (χ3v) is 0.776. The average Bonchev–Trinajstić information content (AvgIpc) is 1.64. The van der Waals surface area contributed by atoms with E-state index in [0.717, 1.165) is 13.1 Å². The Hall–Kier alpha value is -1.32. The van der Waals surface area contributed by atoms with Crippen LogP contribution >= 0.6 is 0 Å². The minimum absolute atomic E-state index is 0.380. The highest BCUT2D eigenvalue weighted by molar-refractivity contribution is 6.15. The predicted octanol–water partition coefficient (Wildman–Crippen LogP) is -0.497. The van der Waals surface area contributed by atoms with Gasteiger partial charge in [-0.05, 0) is 6.92 Å². The summed E-state index contributed by atoms with van der Waals surface area (Å²) in [5, 5.41) is 8.17. The highest BCUT2D eigenvalue weighted by atomic mass is 16.4. The molecular formula is C5H7NO3. The zero-order valence-electron chi connectivity index (χ0n) is 4.92. The maximum Gasteiger partial charge on any atom is 0.340 e. The molecule has 0 rings (SSSR count). The molecule has 0 saturated heterocycles. The molecule has 9 heavy (non-hydrogen) atoms. The van der Waals surface area contributed by atoms with Crippen LogP contribution in [-0.2, 0) is 9.59 Å². The van der Waals surface area contributed by atoms with E-state index in [2.05, 4.69) is 0 Å². The van der Waals surface area contributed by atoms with Crippen molar-refractivity contribution < 1.29 is 14.7 Å². The lowest BCUT2D eigenvalue weighted by molar-refractivity contribution is -0.134. The normalized spacial score (nSPS) is 11.0. The van der Waals surface area contributed by atoms with Crippen molar-refractivity contribution in [2.24, 2.45) is 5.73 Å². The summed E-state index contributed by atoms with van der Waals surface area (Å²) in [7, 11) is 0. The fraction of sp³-hybridized carbons (Fsp3) is 0.200. The Labute approximate surface area is 52.0 Å². The zero-order chi connectivity index (χ0) is 7.44. The molecule has 0 amide bonds. The van der Waals surface area contributed by atoms with E-state index in [9.17, 15) is 9.59 Å². The monoisotopic (exact) mass is 129 g/mol. The quantitative estimate of drug-likeness (QED) is 0.299. The second kappa shape index (κ2) is 2.86. The number of hydrogen-bond acceptors (Lipinski definition) is 3. The SMILES string of the molecule is CC(=O)C(=CN)C(=O)O. The molecule has 0 atom stereocenters. The summed E-state index contributed by atoms with van der Waals surface area (Å²) in [5.74, 6) is -1.82. The van der Waals surface area contributed by atoms with Gasteiger partial charge in [0.15, 0.2) is 5.78 Å². The molecule has 3 N–H and O–H groups in total. The standard InChI is InChI=1S/C5H7NO3/c1-3(7)4(2-6)5(8)9/h2H,6H2,1H3,(H,8,9). The number of carbonyl (C=O) groups excluding carboxylic acids is 1. The maximum atomic E-state index is 10.3. The third-order valence-electron chi connectivity index (χ3n) is 0.776. The Bertz CT molecular complexity index is 155. The topological polar surface area (TPSA) is 80.4 Å². The number of aliphatic carboxylic acids is 1. The molecule has 0 aliphatic heterocycles. The van der Waals surface area contributed by atoms with Crippen LogP contribution in [0.5, 0.6) is 0 Å². The van der Waals surface area contributed by atoms with Crippen LogP contribution in [0.25, 0.3) is 0 Å². The van der Waals surface area contributed by atoms with Gasteiger partial charge in [0, 0.05) is 6.20 Å².